The molecule has 0 saturated carbocycles. The maximum atomic E-state index is 4.18. The molecule has 17 heavy (non-hydrogen) atoms. The molecule has 0 fully saturated rings. The van der Waals surface area contributed by atoms with Crippen molar-refractivity contribution in [2.24, 2.45) is 0 Å². The highest BCUT2D eigenvalue weighted by atomic mass is 15.4. The summed E-state index contributed by atoms with van der Waals surface area (Å²) in [6.45, 7) is 0. The maximum Gasteiger partial charge on any atom is 0.113 e. The Kier molecular flexibility index (Phi) is 2.43. The van der Waals surface area contributed by atoms with E-state index in [0.29, 0.717) is 0 Å². The van der Waals surface area contributed by atoms with Crippen LogP contribution in [-0.2, 0) is 0 Å². The number of benzene rings is 2. The maximum absolute atomic E-state index is 4.18. The van der Waals surface area contributed by atoms with Crippen molar-refractivity contribution in [3.63, 3.8) is 0 Å². The van der Waals surface area contributed by atoms with Crippen LogP contribution in [-0.4, -0.2) is 15.0 Å². The van der Waals surface area contributed by atoms with Crippen LogP contribution in [0.4, 0.5) is 0 Å². The zero-order chi connectivity index (χ0) is 11.5. The molecule has 82 valence electrons. The quantitative estimate of drug-likeness (QED) is 0.666. The summed E-state index contributed by atoms with van der Waals surface area (Å²) in [5.74, 6) is 0. The Balaban J connectivity index is 1.99. The van der Waals surface area contributed by atoms with E-state index in [9.17, 15) is 0 Å². The molecule has 1 aromatic heterocycles. The van der Waals surface area contributed by atoms with Gasteiger partial charge < -0.3 is 0 Å². The summed E-state index contributed by atoms with van der Waals surface area (Å²) < 4.78 is 1.78. The molecule has 3 rings (SSSR count). The average molecular weight is 221 g/mol. The van der Waals surface area contributed by atoms with Gasteiger partial charge in [-0.15, -0.1) is 5.10 Å². The van der Waals surface area contributed by atoms with Crippen molar-refractivity contribution in [2.75, 3.05) is 0 Å². The van der Waals surface area contributed by atoms with Gasteiger partial charge in [-0.25, -0.2) is 4.68 Å². The van der Waals surface area contributed by atoms with Gasteiger partial charge in [0.05, 0.1) is 11.9 Å². The first-order chi connectivity index (χ1) is 8.43. The van der Waals surface area contributed by atoms with Crippen LogP contribution in [0, 0.1) is 0 Å². The molecule has 0 radical (unpaired) electrons. The van der Waals surface area contributed by atoms with Gasteiger partial charge in [-0.05, 0) is 12.1 Å². The third kappa shape index (κ3) is 1.95. The van der Waals surface area contributed by atoms with Crippen LogP contribution < -0.4 is 0 Å². The van der Waals surface area contributed by atoms with Crippen LogP contribution >= 0.6 is 0 Å². The number of aromatic nitrogens is 3. The first-order valence-corrected chi connectivity index (χ1v) is 5.47. The normalized spacial score (nSPS) is 10.4. The fourth-order valence-corrected chi connectivity index (χ4v) is 1.71. The molecule has 0 N–H and O–H groups in total. The second-order valence-electron chi connectivity index (χ2n) is 3.75. The first kappa shape index (κ1) is 9.78. The zero-order valence-electron chi connectivity index (χ0n) is 9.19. The Labute approximate surface area is 99.3 Å². The van der Waals surface area contributed by atoms with Crippen molar-refractivity contribution in [2.45, 2.75) is 0 Å². The molecule has 0 saturated heterocycles. The zero-order valence-corrected chi connectivity index (χ0v) is 9.19. The molecular weight excluding hydrogens is 210 g/mol. The van der Waals surface area contributed by atoms with Crippen LogP contribution in [0.2, 0.25) is 0 Å². The molecule has 3 heteroatoms. The van der Waals surface area contributed by atoms with Crippen molar-refractivity contribution in [1.82, 2.24) is 15.0 Å². The predicted octanol–water partition coefficient (Wildman–Crippen LogP) is 2.93. The Morgan fingerprint density at radius 2 is 1.41 bits per heavy atom. The first-order valence-electron chi connectivity index (χ1n) is 5.47. The number of nitrogens with zero attached hydrogens (tertiary/aromatic N) is 3. The number of hydrogen-bond acceptors (Lipinski definition) is 2. The molecule has 0 aliphatic rings. The van der Waals surface area contributed by atoms with Crippen LogP contribution in [0.25, 0.3) is 16.9 Å². The summed E-state index contributed by atoms with van der Waals surface area (Å²) >= 11 is 0. The standard InChI is InChI=1S/C14H11N3/c1-3-7-12(8-4-1)14-11-17(16-15-14)13-9-5-2-6-10-13/h1-11H. The Hall–Kier alpha value is -2.42. The van der Waals surface area contributed by atoms with E-state index in [-0.39, 0.29) is 0 Å². The Morgan fingerprint density at radius 1 is 0.765 bits per heavy atom. The molecule has 0 aliphatic carbocycles. The highest BCUT2D eigenvalue weighted by Gasteiger charge is 2.03. The minimum absolute atomic E-state index is 0.884. The van der Waals surface area contributed by atoms with E-state index >= 15 is 0 Å². The highest BCUT2D eigenvalue weighted by Crippen LogP contribution is 2.16. The van der Waals surface area contributed by atoms with Gasteiger partial charge in [0.2, 0.25) is 0 Å². The van der Waals surface area contributed by atoms with Crippen LogP contribution in [0.1, 0.15) is 0 Å². The van der Waals surface area contributed by atoms with Gasteiger partial charge in [0.25, 0.3) is 0 Å². The highest BCUT2D eigenvalue weighted by molar-refractivity contribution is 5.57. The van der Waals surface area contributed by atoms with E-state index < -0.39 is 0 Å². The number of para-hydroxylation sites is 1. The second-order valence-corrected chi connectivity index (χ2v) is 3.75. The molecule has 3 nitrogen and oxygen atoms in total. The van der Waals surface area contributed by atoms with Gasteiger partial charge >= 0.3 is 0 Å². The van der Waals surface area contributed by atoms with E-state index in [4.69, 9.17) is 0 Å². The molecule has 3 aromatic rings. The van der Waals surface area contributed by atoms with Gasteiger partial charge in [0, 0.05) is 5.56 Å². The molecule has 0 amide bonds. The molecule has 0 atom stereocenters. The molecule has 1 heterocycles. The monoisotopic (exact) mass is 221 g/mol. The van der Waals surface area contributed by atoms with Crippen LogP contribution in [0.15, 0.2) is 66.9 Å². The Bertz CT molecular complexity index is 546. The SMILES string of the molecule is c1ccc(-c2cn(-c3ccccc3)nn2)cc1. The lowest BCUT2D eigenvalue weighted by atomic mass is 10.2. The van der Waals surface area contributed by atoms with Crippen molar-refractivity contribution in [1.29, 1.82) is 0 Å². The number of hydrogen-bond donors (Lipinski definition) is 0. The number of rotatable bonds is 2. The fourth-order valence-electron chi connectivity index (χ4n) is 1.71. The minimum atomic E-state index is 0.884. The third-order valence-corrected chi connectivity index (χ3v) is 2.58. The Morgan fingerprint density at radius 3 is 2.12 bits per heavy atom. The summed E-state index contributed by atoms with van der Waals surface area (Å²) in [5.41, 5.74) is 2.98. The lowest BCUT2D eigenvalue weighted by Crippen LogP contribution is -1.93. The minimum Gasteiger partial charge on any atom is -0.220 e. The average Bonchev–Trinajstić information content (AvgIpc) is 2.90. The van der Waals surface area contributed by atoms with E-state index in [2.05, 4.69) is 10.3 Å². The topological polar surface area (TPSA) is 30.7 Å². The molecule has 0 aliphatic heterocycles. The van der Waals surface area contributed by atoms with Crippen molar-refractivity contribution < 1.29 is 0 Å². The van der Waals surface area contributed by atoms with E-state index in [0.717, 1.165) is 16.9 Å². The lowest BCUT2D eigenvalue weighted by Gasteiger charge is -1.97. The smallest absolute Gasteiger partial charge is 0.113 e. The second kappa shape index (κ2) is 4.22. The van der Waals surface area contributed by atoms with Crippen LogP contribution in [0.5, 0.6) is 0 Å². The summed E-state index contributed by atoms with van der Waals surface area (Å²) in [7, 11) is 0. The van der Waals surface area contributed by atoms with Gasteiger partial charge in [0.1, 0.15) is 5.69 Å². The van der Waals surface area contributed by atoms with Crippen molar-refractivity contribution in [3.8, 4) is 16.9 Å². The van der Waals surface area contributed by atoms with Gasteiger partial charge in [-0.1, -0.05) is 53.7 Å². The predicted molar refractivity (Wildman–Crippen MR) is 66.8 cm³/mol. The van der Waals surface area contributed by atoms with E-state index in [1.54, 1.807) is 4.68 Å². The summed E-state index contributed by atoms with van der Waals surface area (Å²) in [6.07, 6.45) is 1.94. The molecule has 0 bridgehead atoms. The van der Waals surface area contributed by atoms with Crippen LogP contribution in [0.3, 0.4) is 0 Å². The molecule has 0 unspecified atom stereocenters. The fraction of sp³-hybridized carbons (Fsp3) is 0. The molecule has 0 spiro atoms. The lowest BCUT2D eigenvalue weighted by molar-refractivity contribution is 0.804. The summed E-state index contributed by atoms with van der Waals surface area (Å²) in [6, 6.07) is 20.0. The van der Waals surface area contributed by atoms with E-state index in [1.807, 2.05) is 66.9 Å². The van der Waals surface area contributed by atoms with Crippen molar-refractivity contribution >= 4 is 0 Å². The van der Waals surface area contributed by atoms with Gasteiger partial charge in [-0.3, -0.25) is 0 Å². The van der Waals surface area contributed by atoms with E-state index in [1.165, 1.54) is 0 Å². The summed E-state index contributed by atoms with van der Waals surface area (Å²) in [4.78, 5) is 0. The van der Waals surface area contributed by atoms with Gasteiger partial charge in [0.15, 0.2) is 0 Å². The summed E-state index contributed by atoms with van der Waals surface area (Å²) in [5, 5.41) is 8.31. The third-order valence-electron chi connectivity index (χ3n) is 2.58. The molecular formula is C14H11N3. The molecule has 2 aromatic carbocycles. The van der Waals surface area contributed by atoms with Gasteiger partial charge in [-0.2, -0.15) is 0 Å². The van der Waals surface area contributed by atoms with Crippen molar-refractivity contribution in [3.05, 3.63) is 66.9 Å². The largest absolute Gasteiger partial charge is 0.220 e.